The Morgan fingerprint density at radius 2 is 2.00 bits per heavy atom. The van der Waals surface area contributed by atoms with Gasteiger partial charge >= 0.3 is 7.60 Å². The van der Waals surface area contributed by atoms with E-state index in [-0.39, 0.29) is 11.0 Å². The van der Waals surface area contributed by atoms with Gasteiger partial charge in [0.25, 0.3) is 0 Å². The third kappa shape index (κ3) is 2.12. The summed E-state index contributed by atoms with van der Waals surface area (Å²) in [7, 11) is -4.24. The van der Waals surface area contributed by atoms with Gasteiger partial charge in [0.2, 0.25) is 0 Å². The average Bonchev–Trinajstić information content (AvgIpc) is 2.75. The van der Waals surface area contributed by atoms with Crippen molar-refractivity contribution in [1.29, 1.82) is 0 Å². The molecule has 5 nitrogen and oxygen atoms in total. The van der Waals surface area contributed by atoms with Crippen LogP contribution in [-0.4, -0.2) is 20.3 Å². The number of nitrogens with zero attached hydrogens (tertiary/aromatic N) is 1. The lowest BCUT2D eigenvalue weighted by Gasteiger charge is -2.35. The van der Waals surface area contributed by atoms with Crippen LogP contribution < -0.4 is 10.8 Å². The molecule has 0 amide bonds. The van der Waals surface area contributed by atoms with E-state index >= 15 is 0 Å². The second kappa shape index (κ2) is 4.14. The molecule has 1 aliphatic carbocycles. The Bertz CT molecular complexity index is 520. The zero-order valence-corrected chi connectivity index (χ0v) is 11.0. The predicted octanol–water partition coefficient (Wildman–Crippen LogP) is 0.843. The van der Waals surface area contributed by atoms with Crippen LogP contribution in [0.4, 0.5) is 0 Å². The first kappa shape index (κ1) is 12.3. The van der Waals surface area contributed by atoms with Crippen LogP contribution in [0.15, 0.2) is 12.1 Å². The fraction of sp³-hybridized carbons (Fsp3) is 0.583. The Hall–Kier alpha value is -0.740. The molecule has 6 heteroatoms. The lowest BCUT2D eigenvalue weighted by molar-refractivity contribution is 0.304. The molecule has 0 unspecified atom stereocenters. The van der Waals surface area contributed by atoms with E-state index in [4.69, 9.17) is 0 Å². The molecule has 98 valence electrons. The van der Waals surface area contributed by atoms with Gasteiger partial charge in [-0.15, -0.1) is 0 Å². The van der Waals surface area contributed by atoms with Gasteiger partial charge < -0.3 is 15.1 Å². The van der Waals surface area contributed by atoms with Crippen LogP contribution in [0, 0.1) is 0 Å². The van der Waals surface area contributed by atoms with Crippen LogP contribution in [0.2, 0.25) is 0 Å². The Balaban J connectivity index is 1.96. The first-order chi connectivity index (χ1) is 8.49. The molecule has 1 saturated carbocycles. The topological polar surface area (TPSA) is 82.5 Å². The maximum atomic E-state index is 11.2. The molecular weight excluding hydrogens is 251 g/mol. The van der Waals surface area contributed by atoms with Crippen LogP contribution in [0.25, 0.3) is 0 Å². The molecular formula is C12H17N2O3P. The standard InChI is InChI=1S/C12H17N2O3P/c15-18(16,17)11-4-3-9-8-13-12(5-1-2-6-12)7-10(9)14-11/h3-4,13H,1-2,5-8H2,(H2,15,16,17). The largest absolute Gasteiger partial charge is 0.374 e. The van der Waals surface area contributed by atoms with Gasteiger partial charge in [-0.25, -0.2) is 4.98 Å². The van der Waals surface area contributed by atoms with E-state index in [1.165, 1.54) is 18.9 Å². The van der Waals surface area contributed by atoms with Gasteiger partial charge in [-0.2, -0.15) is 0 Å². The summed E-state index contributed by atoms with van der Waals surface area (Å²) in [6.07, 6.45) is 5.50. The minimum Gasteiger partial charge on any atom is -0.320 e. The van der Waals surface area contributed by atoms with Crippen molar-refractivity contribution in [2.45, 2.75) is 44.2 Å². The molecule has 1 fully saturated rings. The summed E-state index contributed by atoms with van der Waals surface area (Å²) >= 11 is 0. The van der Waals surface area contributed by atoms with Crippen molar-refractivity contribution in [3.63, 3.8) is 0 Å². The van der Waals surface area contributed by atoms with Crippen LogP contribution >= 0.6 is 7.60 Å². The molecule has 1 spiro atoms. The maximum absolute atomic E-state index is 11.2. The van der Waals surface area contributed by atoms with Crippen molar-refractivity contribution >= 4 is 13.0 Å². The van der Waals surface area contributed by atoms with Crippen LogP contribution in [0.3, 0.4) is 0 Å². The van der Waals surface area contributed by atoms with Gasteiger partial charge in [0.1, 0.15) is 0 Å². The molecule has 1 aromatic rings. The summed E-state index contributed by atoms with van der Waals surface area (Å²) in [6.45, 7) is 0.754. The van der Waals surface area contributed by atoms with E-state index in [9.17, 15) is 14.4 Å². The summed E-state index contributed by atoms with van der Waals surface area (Å²) in [5, 5.41) is 3.57. The molecule has 18 heavy (non-hydrogen) atoms. The lowest BCUT2D eigenvalue weighted by Crippen LogP contribution is -2.48. The van der Waals surface area contributed by atoms with Crippen LogP contribution in [-0.2, 0) is 17.5 Å². The van der Waals surface area contributed by atoms with Crippen molar-refractivity contribution in [3.05, 3.63) is 23.4 Å². The van der Waals surface area contributed by atoms with E-state index in [0.717, 1.165) is 37.1 Å². The van der Waals surface area contributed by atoms with Crippen molar-refractivity contribution in [3.8, 4) is 0 Å². The maximum Gasteiger partial charge on any atom is 0.374 e. The zero-order valence-electron chi connectivity index (χ0n) is 10.1. The number of rotatable bonds is 1. The van der Waals surface area contributed by atoms with Crippen LogP contribution in [0.1, 0.15) is 36.9 Å². The van der Waals surface area contributed by atoms with Gasteiger partial charge in [0.05, 0.1) is 0 Å². The summed E-state index contributed by atoms with van der Waals surface area (Å²) < 4.78 is 11.2. The van der Waals surface area contributed by atoms with E-state index in [1.807, 2.05) is 0 Å². The molecule has 0 atom stereocenters. The minimum atomic E-state index is -4.24. The molecule has 0 radical (unpaired) electrons. The molecule has 3 rings (SSSR count). The summed E-state index contributed by atoms with van der Waals surface area (Å²) in [5.41, 5.74) is 1.94. The summed E-state index contributed by atoms with van der Waals surface area (Å²) in [6, 6.07) is 3.22. The van der Waals surface area contributed by atoms with Gasteiger partial charge in [-0.3, -0.25) is 4.57 Å². The highest BCUT2D eigenvalue weighted by Crippen LogP contribution is 2.37. The SMILES string of the molecule is O=P(O)(O)c1ccc2c(n1)CC1(CCCC1)NC2. The third-order valence-electron chi connectivity index (χ3n) is 4.07. The first-order valence-electron chi connectivity index (χ1n) is 6.29. The number of aromatic nitrogens is 1. The highest BCUT2D eigenvalue weighted by atomic mass is 31.2. The molecule has 0 saturated heterocycles. The monoisotopic (exact) mass is 268 g/mol. The summed E-state index contributed by atoms with van der Waals surface area (Å²) in [4.78, 5) is 22.6. The van der Waals surface area contributed by atoms with Crippen molar-refractivity contribution in [1.82, 2.24) is 10.3 Å². The Morgan fingerprint density at radius 1 is 1.28 bits per heavy atom. The van der Waals surface area contributed by atoms with E-state index in [0.29, 0.717) is 0 Å². The number of hydrogen-bond acceptors (Lipinski definition) is 3. The normalized spacial score (nSPS) is 22.1. The van der Waals surface area contributed by atoms with Gasteiger partial charge in [0, 0.05) is 24.2 Å². The van der Waals surface area contributed by atoms with Crippen molar-refractivity contribution < 1.29 is 14.4 Å². The number of fused-ring (bicyclic) bond motifs is 1. The summed E-state index contributed by atoms with van der Waals surface area (Å²) in [5.74, 6) is 0. The quantitative estimate of drug-likeness (QED) is 0.658. The van der Waals surface area contributed by atoms with Crippen molar-refractivity contribution in [2.24, 2.45) is 0 Å². The Labute approximate surface area is 106 Å². The van der Waals surface area contributed by atoms with Gasteiger partial charge in [0.15, 0.2) is 5.44 Å². The molecule has 2 heterocycles. The minimum absolute atomic E-state index is 0.101. The fourth-order valence-electron chi connectivity index (χ4n) is 3.07. The van der Waals surface area contributed by atoms with Crippen LogP contribution in [0.5, 0.6) is 0 Å². The zero-order chi connectivity index (χ0) is 12.8. The number of nitrogens with one attached hydrogen (secondary N) is 1. The molecule has 3 N–H and O–H groups in total. The molecule has 2 aliphatic rings. The van der Waals surface area contributed by atoms with E-state index in [1.54, 1.807) is 6.07 Å². The van der Waals surface area contributed by atoms with Gasteiger partial charge in [-0.1, -0.05) is 18.9 Å². The molecule has 0 aromatic carbocycles. The smallest absolute Gasteiger partial charge is 0.320 e. The molecule has 1 aromatic heterocycles. The molecule has 1 aliphatic heterocycles. The van der Waals surface area contributed by atoms with E-state index < -0.39 is 7.60 Å². The average molecular weight is 268 g/mol. The second-order valence-electron chi connectivity index (χ2n) is 5.34. The number of hydrogen-bond donors (Lipinski definition) is 3. The van der Waals surface area contributed by atoms with E-state index in [2.05, 4.69) is 10.3 Å². The highest BCUT2D eigenvalue weighted by Gasteiger charge is 2.37. The Kier molecular flexibility index (Phi) is 2.83. The highest BCUT2D eigenvalue weighted by molar-refractivity contribution is 7.60. The van der Waals surface area contributed by atoms with Gasteiger partial charge in [-0.05, 0) is 24.5 Å². The Morgan fingerprint density at radius 3 is 2.67 bits per heavy atom. The lowest BCUT2D eigenvalue weighted by atomic mass is 9.86. The second-order valence-corrected chi connectivity index (χ2v) is 6.88. The molecule has 0 bridgehead atoms. The number of pyridine rings is 1. The third-order valence-corrected chi connectivity index (χ3v) is 4.92. The first-order valence-corrected chi connectivity index (χ1v) is 7.90. The fourth-order valence-corrected chi connectivity index (χ4v) is 3.59. The van der Waals surface area contributed by atoms with Crippen molar-refractivity contribution in [2.75, 3.05) is 0 Å². The predicted molar refractivity (Wildman–Crippen MR) is 67.7 cm³/mol.